The summed E-state index contributed by atoms with van der Waals surface area (Å²) in [5.41, 5.74) is 5.38. The van der Waals surface area contributed by atoms with Gasteiger partial charge in [-0.2, -0.15) is 5.06 Å². The Kier molecular flexibility index (Phi) is 8.21. The van der Waals surface area contributed by atoms with Gasteiger partial charge in [-0.25, -0.2) is 9.59 Å². The third-order valence-electron chi connectivity index (χ3n) is 6.90. The van der Waals surface area contributed by atoms with E-state index in [-0.39, 0.29) is 37.0 Å². The molecule has 11 heteroatoms. The van der Waals surface area contributed by atoms with Crippen molar-refractivity contribution in [1.29, 1.82) is 0 Å². The van der Waals surface area contributed by atoms with Gasteiger partial charge in [0.2, 0.25) is 5.91 Å². The Hall–Kier alpha value is -3.34. The average molecular weight is 516 g/mol. The number of piperidine rings is 1. The summed E-state index contributed by atoms with van der Waals surface area (Å²) in [7, 11) is 0. The molecule has 0 radical (unpaired) electrons. The number of carbonyl (C=O) groups excluding carboxylic acids is 4. The predicted molar refractivity (Wildman–Crippen MR) is 133 cm³/mol. The number of carbonyl (C=O) groups is 4. The van der Waals surface area contributed by atoms with Gasteiger partial charge < -0.3 is 15.0 Å². The molecule has 202 valence electrons. The van der Waals surface area contributed by atoms with Gasteiger partial charge in [0.1, 0.15) is 18.2 Å². The average Bonchev–Trinajstić information content (AvgIpc) is 3.06. The maximum absolute atomic E-state index is 12.9. The molecule has 2 heterocycles. The van der Waals surface area contributed by atoms with E-state index < -0.39 is 23.6 Å². The van der Waals surface area contributed by atoms with E-state index in [0.29, 0.717) is 31.7 Å². The van der Waals surface area contributed by atoms with Crippen molar-refractivity contribution in [1.82, 2.24) is 26.1 Å². The largest absolute Gasteiger partial charge is 0.444 e. The Balaban J connectivity index is 1.13. The molecule has 3 aliphatic rings. The highest BCUT2D eigenvalue weighted by atomic mass is 16.7. The van der Waals surface area contributed by atoms with Gasteiger partial charge in [-0.05, 0) is 64.4 Å². The molecule has 1 aliphatic carbocycles. The molecule has 4 rings (SSSR count). The third-order valence-corrected chi connectivity index (χ3v) is 6.90. The Morgan fingerprint density at radius 1 is 1.05 bits per heavy atom. The van der Waals surface area contributed by atoms with Gasteiger partial charge in [0.25, 0.3) is 5.91 Å². The van der Waals surface area contributed by atoms with E-state index in [4.69, 9.17) is 9.57 Å². The van der Waals surface area contributed by atoms with Crippen LogP contribution < -0.4 is 16.2 Å². The number of fused-ring (bicyclic) bond motifs is 2. The fraction of sp³-hybridized carbons (Fsp3) is 0.615. The van der Waals surface area contributed by atoms with Crippen molar-refractivity contribution >= 4 is 23.9 Å². The summed E-state index contributed by atoms with van der Waals surface area (Å²) in [6, 6.07) is 8.58. The van der Waals surface area contributed by atoms with Crippen molar-refractivity contribution in [3.63, 3.8) is 0 Å². The lowest BCUT2D eigenvalue weighted by molar-refractivity contribution is -0.140. The minimum absolute atomic E-state index is 0.0620. The van der Waals surface area contributed by atoms with E-state index >= 15 is 0 Å². The molecule has 5 amide bonds. The first-order valence-electron chi connectivity index (χ1n) is 12.9. The van der Waals surface area contributed by atoms with E-state index in [1.807, 2.05) is 51.1 Å². The highest BCUT2D eigenvalue weighted by molar-refractivity contribution is 5.90. The molecule has 0 unspecified atom stereocenters. The number of hydrogen-bond acceptors (Lipinski definition) is 6. The summed E-state index contributed by atoms with van der Waals surface area (Å²) >= 11 is 0. The highest BCUT2D eigenvalue weighted by Gasteiger charge is 2.48. The highest BCUT2D eigenvalue weighted by Crippen LogP contribution is 2.32. The Bertz CT molecular complexity index is 991. The van der Waals surface area contributed by atoms with Gasteiger partial charge in [-0.3, -0.25) is 25.3 Å². The van der Waals surface area contributed by atoms with Crippen LogP contribution in [0.5, 0.6) is 0 Å². The van der Waals surface area contributed by atoms with Gasteiger partial charge in [-0.15, -0.1) is 0 Å². The molecular formula is C26H37N5O6. The van der Waals surface area contributed by atoms with Crippen molar-refractivity contribution in [2.45, 2.75) is 89.6 Å². The van der Waals surface area contributed by atoms with E-state index in [0.717, 1.165) is 18.4 Å². The molecule has 37 heavy (non-hydrogen) atoms. The molecule has 2 saturated heterocycles. The Morgan fingerprint density at radius 2 is 1.78 bits per heavy atom. The van der Waals surface area contributed by atoms with Crippen LogP contribution in [-0.4, -0.2) is 64.2 Å². The molecule has 11 nitrogen and oxygen atoms in total. The smallest absolute Gasteiger partial charge is 0.407 e. The number of hydrazine groups is 1. The quantitative estimate of drug-likeness (QED) is 0.457. The minimum atomic E-state index is -0.652. The van der Waals surface area contributed by atoms with Crippen molar-refractivity contribution in [2.75, 3.05) is 6.54 Å². The Labute approximate surface area is 217 Å². The summed E-state index contributed by atoms with van der Waals surface area (Å²) in [4.78, 5) is 57.0. The maximum Gasteiger partial charge on any atom is 0.407 e. The predicted octanol–water partition coefficient (Wildman–Crippen LogP) is 2.62. The number of hydroxylamine groups is 2. The van der Waals surface area contributed by atoms with E-state index in [9.17, 15) is 19.2 Å². The van der Waals surface area contributed by atoms with Crippen LogP contribution >= 0.6 is 0 Å². The number of amides is 5. The van der Waals surface area contributed by atoms with Gasteiger partial charge in [-0.1, -0.05) is 30.3 Å². The monoisotopic (exact) mass is 515 g/mol. The topological polar surface area (TPSA) is 129 Å². The molecule has 1 saturated carbocycles. The van der Waals surface area contributed by atoms with Crippen LogP contribution in [0.25, 0.3) is 0 Å². The van der Waals surface area contributed by atoms with Gasteiger partial charge >= 0.3 is 12.1 Å². The molecular weight excluding hydrogens is 478 g/mol. The normalized spacial score (nSPS) is 24.8. The van der Waals surface area contributed by atoms with E-state index in [1.54, 1.807) is 0 Å². The lowest BCUT2D eigenvalue weighted by atomic mass is 9.77. The zero-order valence-electron chi connectivity index (χ0n) is 21.7. The lowest BCUT2D eigenvalue weighted by Crippen LogP contribution is -2.54. The molecule has 1 aromatic rings. The first-order valence-corrected chi connectivity index (χ1v) is 12.9. The van der Waals surface area contributed by atoms with Crippen LogP contribution in [0.1, 0.15) is 64.9 Å². The summed E-state index contributed by atoms with van der Waals surface area (Å²) in [5.74, 6) is -0.359. The number of benzene rings is 1. The number of ether oxygens (including phenoxy) is 1. The number of nitrogens with one attached hydrogen (secondary N) is 3. The number of alkyl carbamates (subject to hydrolysis) is 1. The summed E-state index contributed by atoms with van der Waals surface area (Å²) in [6.07, 6.45) is 3.23. The number of nitrogens with zero attached hydrogens (tertiary/aromatic N) is 2. The first kappa shape index (κ1) is 26.7. The van der Waals surface area contributed by atoms with Crippen LogP contribution in [0.3, 0.4) is 0 Å². The van der Waals surface area contributed by atoms with Crippen molar-refractivity contribution in [3.8, 4) is 0 Å². The maximum atomic E-state index is 12.9. The van der Waals surface area contributed by atoms with Gasteiger partial charge in [0.05, 0.1) is 6.04 Å². The lowest BCUT2D eigenvalue weighted by Gasteiger charge is -2.36. The molecule has 2 bridgehead atoms. The molecule has 1 aromatic carbocycles. The minimum Gasteiger partial charge on any atom is -0.444 e. The van der Waals surface area contributed by atoms with Crippen molar-refractivity contribution in [2.24, 2.45) is 5.92 Å². The summed E-state index contributed by atoms with van der Waals surface area (Å²) in [6.45, 7) is 6.15. The van der Waals surface area contributed by atoms with Gasteiger partial charge in [0, 0.05) is 19.0 Å². The molecule has 2 atom stereocenters. The van der Waals surface area contributed by atoms with Crippen LogP contribution in [0.4, 0.5) is 9.59 Å². The van der Waals surface area contributed by atoms with Crippen LogP contribution in [0.2, 0.25) is 0 Å². The van der Waals surface area contributed by atoms with Gasteiger partial charge in [0.15, 0.2) is 0 Å². The number of hydrogen-bond donors (Lipinski definition) is 3. The second-order valence-electron chi connectivity index (χ2n) is 11.0. The van der Waals surface area contributed by atoms with Crippen molar-refractivity contribution in [3.05, 3.63) is 35.9 Å². The number of urea groups is 1. The fourth-order valence-electron chi connectivity index (χ4n) is 4.96. The molecule has 3 N–H and O–H groups in total. The standard InChI is InChI=1S/C26H37N5O6/c1-26(2,3)37-24(34)27-19-13-18(14-19)9-12-22(32)28-29-23(33)21-11-10-20-15-30(21)25(35)31(20)36-16-17-7-5-4-6-8-17/h4-8,18-21H,9-16H2,1-3H3,(H,27,34)(H,28,32)(H,29,33)/t18?,19?,20-,21+/m1/s1. The van der Waals surface area contributed by atoms with Crippen LogP contribution in [-0.2, 0) is 25.8 Å². The molecule has 0 spiro atoms. The van der Waals surface area contributed by atoms with Crippen LogP contribution in [0, 0.1) is 5.92 Å². The molecule has 3 fully saturated rings. The second-order valence-corrected chi connectivity index (χ2v) is 11.0. The van der Waals surface area contributed by atoms with E-state index in [1.165, 1.54) is 9.96 Å². The van der Waals surface area contributed by atoms with Crippen LogP contribution in [0.15, 0.2) is 30.3 Å². The molecule has 2 aliphatic heterocycles. The third kappa shape index (κ3) is 7.12. The zero-order valence-corrected chi connectivity index (χ0v) is 21.7. The zero-order chi connectivity index (χ0) is 26.6. The molecule has 0 aromatic heterocycles. The fourth-order valence-corrected chi connectivity index (χ4v) is 4.96. The van der Waals surface area contributed by atoms with Crippen molar-refractivity contribution < 1.29 is 28.8 Å². The number of rotatable bonds is 8. The first-order chi connectivity index (χ1) is 17.6. The summed E-state index contributed by atoms with van der Waals surface area (Å²) in [5, 5.41) is 4.22. The summed E-state index contributed by atoms with van der Waals surface area (Å²) < 4.78 is 5.25. The second kappa shape index (κ2) is 11.4. The SMILES string of the molecule is CC(C)(C)OC(=O)NC1CC(CCC(=O)NNC(=O)[C@@H]2CC[C@@H]3CN2C(=O)N3OCc2ccccc2)C1. The van der Waals surface area contributed by atoms with E-state index in [2.05, 4.69) is 16.2 Å². The Morgan fingerprint density at radius 3 is 2.49 bits per heavy atom.